The number of nitrogens with one attached hydrogen (secondary N) is 1. The molecule has 0 bridgehead atoms. The molecule has 0 aromatic heterocycles. The monoisotopic (exact) mass is 501 g/mol. The highest BCUT2D eigenvalue weighted by Crippen LogP contribution is 2.15. The van der Waals surface area contributed by atoms with Gasteiger partial charge in [-0.1, -0.05) is 136 Å². The highest BCUT2D eigenvalue weighted by Gasteiger charge is 2.28. The van der Waals surface area contributed by atoms with E-state index in [9.17, 15) is 25.2 Å². The molecule has 0 aromatic rings. The third-order valence-corrected chi connectivity index (χ3v) is 7.07. The summed E-state index contributed by atoms with van der Waals surface area (Å²) in [6.45, 7) is 3.84. The Morgan fingerprint density at radius 3 is 1.40 bits per heavy atom. The molecule has 0 aliphatic heterocycles. The second-order valence-corrected chi connectivity index (χ2v) is 10.5. The van der Waals surface area contributed by atoms with Crippen molar-refractivity contribution in [2.45, 2.75) is 173 Å². The van der Waals surface area contributed by atoms with Gasteiger partial charge in [0.05, 0.1) is 18.8 Å². The summed E-state index contributed by atoms with van der Waals surface area (Å²) in [4.78, 5) is 12.2. The van der Waals surface area contributed by atoms with E-state index in [2.05, 4.69) is 19.2 Å². The molecule has 210 valence electrons. The van der Waals surface area contributed by atoms with Crippen molar-refractivity contribution in [3.8, 4) is 0 Å². The average Bonchev–Trinajstić information content (AvgIpc) is 2.86. The molecule has 4 unspecified atom stereocenters. The summed E-state index contributed by atoms with van der Waals surface area (Å²) in [7, 11) is 0. The van der Waals surface area contributed by atoms with Crippen molar-refractivity contribution in [1.82, 2.24) is 5.32 Å². The van der Waals surface area contributed by atoms with Crippen LogP contribution in [0.15, 0.2) is 0 Å². The van der Waals surface area contributed by atoms with Gasteiger partial charge in [-0.2, -0.15) is 0 Å². The van der Waals surface area contributed by atoms with E-state index in [4.69, 9.17) is 0 Å². The number of rotatable bonds is 26. The molecule has 0 aliphatic rings. The highest BCUT2D eigenvalue weighted by atomic mass is 16.3. The highest BCUT2D eigenvalue weighted by molar-refractivity contribution is 5.80. The fourth-order valence-corrected chi connectivity index (χ4v) is 4.58. The van der Waals surface area contributed by atoms with Crippen molar-refractivity contribution < 1.29 is 25.2 Å². The molecule has 0 heterocycles. The van der Waals surface area contributed by atoms with E-state index in [-0.39, 0.29) is 0 Å². The first kappa shape index (κ1) is 34.3. The van der Waals surface area contributed by atoms with Crippen molar-refractivity contribution >= 4 is 5.91 Å². The number of unbranched alkanes of at least 4 members (excludes halogenated alkanes) is 17. The topological polar surface area (TPSA) is 110 Å². The third kappa shape index (κ3) is 20.1. The summed E-state index contributed by atoms with van der Waals surface area (Å²) in [5.41, 5.74) is 0. The Balaban J connectivity index is 3.70. The maximum atomic E-state index is 12.2. The summed E-state index contributed by atoms with van der Waals surface area (Å²) in [6, 6.07) is -0.973. The van der Waals surface area contributed by atoms with Crippen LogP contribution >= 0.6 is 0 Å². The fourth-order valence-electron chi connectivity index (χ4n) is 4.58. The smallest absolute Gasteiger partial charge is 0.249 e. The van der Waals surface area contributed by atoms with Gasteiger partial charge in [0, 0.05) is 0 Å². The van der Waals surface area contributed by atoms with E-state index in [1.54, 1.807) is 0 Å². The zero-order chi connectivity index (χ0) is 26.2. The molecule has 0 spiro atoms. The first-order valence-corrected chi connectivity index (χ1v) is 14.9. The minimum Gasteiger partial charge on any atom is -0.394 e. The zero-order valence-corrected chi connectivity index (χ0v) is 23.1. The number of carbonyl (C=O) groups excluding carboxylic acids is 1. The maximum absolute atomic E-state index is 12.2. The summed E-state index contributed by atoms with van der Waals surface area (Å²) >= 11 is 0. The van der Waals surface area contributed by atoms with E-state index in [0.29, 0.717) is 12.8 Å². The Labute approximate surface area is 216 Å². The van der Waals surface area contributed by atoms with Gasteiger partial charge in [0.1, 0.15) is 12.2 Å². The van der Waals surface area contributed by atoms with E-state index in [1.165, 1.54) is 83.5 Å². The average molecular weight is 502 g/mol. The lowest BCUT2D eigenvalue weighted by molar-refractivity contribution is -0.132. The lowest BCUT2D eigenvalue weighted by Crippen LogP contribution is -2.53. The molecule has 0 saturated carbocycles. The van der Waals surface area contributed by atoms with Crippen LogP contribution in [0.1, 0.15) is 149 Å². The lowest BCUT2D eigenvalue weighted by Gasteiger charge is -2.27. The third-order valence-electron chi connectivity index (χ3n) is 7.07. The molecule has 0 radical (unpaired) electrons. The summed E-state index contributed by atoms with van der Waals surface area (Å²) < 4.78 is 0. The number of hydrogen-bond donors (Lipinski definition) is 5. The standard InChI is InChI=1S/C29H59NO5/c1-3-5-7-8-9-10-11-12-13-14-15-16-17-18-19-21-23-27(33)29(35)30-25(24-31)28(34)26(32)22-20-6-4-2/h25-28,31-34H,3-24H2,1-2H3,(H,30,35). The van der Waals surface area contributed by atoms with Gasteiger partial charge in [-0.3, -0.25) is 4.79 Å². The zero-order valence-electron chi connectivity index (χ0n) is 23.1. The van der Waals surface area contributed by atoms with E-state index >= 15 is 0 Å². The van der Waals surface area contributed by atoms with Crippen molar-refractivity contribution in [1.29, 1.82) is 0 Å². The molecule has 0 rings (SSSR count). The van der Waals surface area contributed by atoms with Crippen LogP contribution in [0.4, 0.5) is 0 Å². The molecule has 6 heteroatoms. The fraction of sp³-hybridized carbons (Fsp3) is 0.966. The Morgan fingerprint density at radius 1 is 0.600 bits per heavy atom. The predicted molar refractivity (Wildman–Crippen MR) is 145 cm³/mol. The Bertz CT molecular complexity index is 462. The SMILES string of the molecule is CCCCCCCCCCCCCCCCCCC(O)C(=O)NC(CO)C(O)C(O)CCCCC. The predicted octanol–water partition coefficient (Wildman–Crippen LogP) is 5.78. The first-order chi connectivity index (χ1) is 17.0. The number of aliphatic hydroxyl groups is 4. The van der Waals surface area contributed by atoms with Crippen LogP contribution in [0.3, 0.4) is 0 Å². The van der Waals surface area contributed by atoms with Crippen LogP contribution in [-0.4, -0.2) is 57.3 Å². The van der Waals surface area contributed by atoms with E-state index in [0.717, 1.165) is 38.5 Å². The van der Waals surface area contributed by atoms with Gasteiger partial charge in [0.25, 0.3) is 0 Å². The van der Waals surface area contributed by atoms with Gasteiger partial charge < -0.3 is 25.7 Å². The number of carbonyl (C=O) groups is 1. The number of aliphatic hydroxyl groups excluding tert-OH is 4. The van der Waals surface area contributed by atoms with E-state index in [1.807, 2.05) is 0 Å². The molecule has 0 fully saturated rings. The summed E-state index contributed by atoms with van der Waals surface area (Å²) in [5, 5.41) is 42.4. The number of hydrogen-bond acceptors (Lipinski definition) is 5. The molecular weight excluding hydrogens is 442 g/mol. The van der Waals surface area contributed by atoms with Gasteiger partial charge in [0.2, 0.25) is 5.91 Å². The Morgan fingerprint density at radius 2 is 0.971 bits per heavy atom. The number of amides is 1. The molecule has 35 heavy (non-hydrogen) atoms. The van der Waals surface area contributed by atoms with Gasteiger partial charge in [-0.15, -0.1) is 0 Å². The molecule has 4 atom stereocenters. The molecule has 5 N–H and O–H groups in total. The van der Waals surface area contributed by atoms with Gasteiger partial charge in [0.15, 0.2) is 0 Å². The van der Waals surface area contributed by atoms with Crippen LogP contribution in [0, 0.1) is 0 Å². The normalized spacial score (nSPS) is 15.0. The molecule has 0 aliphatic carbocycles. The van der Waals surface area contributed by atoms with Crippen molar-refractivity contribution in [2.24, 2.45) is 0 Å². The minimum atomic E-state index is -1.25. The van der Waals surface area contributed by atoms with Gasteiger partial charge in [-0.25, -0.2) is 0 Å². The second-order valence-electron chi connectivity index (χ2n) is 10.5. The van der Waals surface area contributed by atoms with Gasteiger partial charge >= 0.3 is 0 Å². The lowest BCUT2D eigenvalue weighted by atomic mass is 10.00. The largest absolute Gasteiger partial charge is 0.394 e. The van der Waals surface area contributed by atoms with Crippen molar-refractivity contribution in [2.75, 3.05) is 6.61 Å². The second kappa shape index (κ2) is 25.0. The molecule has 0 saturated heterocycles. The Hall–Kier alpha value is -0.690. The molecular formula is C29H59NO5. The van der Waals surface area contributed by atoms with Crippen LogP contribution in [0.5, 0.6) is 0 Å². The minimum absolute atomic E-state index is 0.373. The summed E-state index contributed by atoms with van der Waals surface area (Å²) in [5.74, 6) is -0.593. The van der Waals surface area contributed by atoms with Crippen LogP contribution in [-0.2, 0) is 4.79 Å². The van der Waals surface area contributed by atoms with Crippen LogP contribution in [0.25, 0.3) is 0 Å². The molecule has 0 aromatic carbocycles. The molecule has 1 amide bonds. The van der Waals surface area contributed by atoms with Crippen LogP contribution < -0.4 is 5.32 Å². The quantitative estimate of drug-likeness (QED) is 0.0965. The molecule has 6 nitrogen and oxygen atoms in total. The van der Waals surface area contributed by atoms with Crippen molar-refractivity contribution in [3.63, 3.8) is 0 Å². The summed E-state index contributed by atoms with van der Waals surface area (Å²) in [6.07, 6.45) is 20.6. The van der Waals surface area contributed by atoms with Crippen LogP contribution in [0.2, 0.25) is 0 Å². The van der Waals surface area contributed by atoms with Crippen molar-refractivity contribution in [3.05, 3.63) is 0 Å². The van der Waals surface area contributed by atoms with E-state index < -0.39 is 36.9 Å². The van der Waals surface area contributed by atoms with Gasteiger partial charge in [-0.05, 0) is 12.8 Å². The maximum Gasteiger partial charge on any atom is 0.249 e. The Kier molecular flexibility index (Phi) is 24.5. The first-order valence-electron chi connectivity index (χ1n) is 14.9.